The van der Waals surface area contributed by atoms with Crippen LogP contribution in [0.15, 0.2) is 12.1 Å². The van der Waals surface area contributed by atoms with Crippen molar-refractivity contribution in [3.63, 3.8) is 0 Å². The van der Waals surface area contributed by atoms with Gasteiger partial charge in [-0.15, -0.1) is 11.3 Å². The average Bonchev–Trinajstić information content (AvgIpc) is 2.50. The highest BCUT2D eigenvalue weighted by Gasteiger charge is 1.95. The van der Waals surface area contributed by atoms with E-state index in [4.69, 9.17) is 10.5 Å². The van der Waals surface area contributed by atoms with Gasteiger partial charge in [0.25, 0.3) is 0 Å². The fourth-order valence-corrected chi connectivity index (χ4v) is 1.66. The second kappa shape index (κ2) is 4.94. The van der Waals surface area contributed by atoms with Crippen molar-refractivity contribution in [3.05, 3.63) is 21.9 Å². The van der Waals surface area contributed by atoms with Crippen molar-refractivity contribution in [1.82, 2.24) is 0 Å². The molecule has 0 unspecified atom stereocenters. The van der Waals surface area contributed by atoms with Crippen LogP contribution in [-0.2, 0) is 11.3 Å². The van der Waals surface area contributed by atoms with Crippen LogP contribution in [0.5, 0.6) is 0 Å². The van der Waals surface area contributed by atoms with E-state index >= 15 is 0 Å². The topological polar surface area (TPSA) is 35.2 Å². The van der Waals surface area contributed by atoms with Crippen LogP contribution < -0.4 is 5.73 Å². The maximum atomic E-state index is 5.25. The van der Waals surface area contributed by atoms with Crippen molar-refractivity contribution in [2.75, 3.05) is 13.7 Å². The first-order chi connectivity index (χ1) is 5.86. The van der Waals surface area contributed by atoms with Gasteiger partial charge in [-0.05, 0) is 12.1 Å². The molecule has 1 rings (SSSR count). The maximum absolute atomic E-state index is 5.25. The number of ether oxygens (including phenoxy) is 1. The molecule has 12 heavy (non-hydrogen) atoms. The first-order valence-corrected chi connectivity index (χ1v) is 4.45. The number of hydrogen-bond acceptors (Lipinski definition) is 3. The highest BCUT2D eigenvalue weighted by molar-refractivity contribution is 7.12. The number of hydrogen-bond donors (Lipinski definition) is 1. The van der Waals surface area contributed by atoms with Crippen molar-refractivity contribution in [3.8, 4) is 11.8 Å². The van der Waals surface area contributed by atoms with Gasteiger partial charge in [0, 0.05) is 12.0 Å². The molecule has 0 amide bonds. The summed E-state index contributed by atoms with van der Waals surface area (Å²) in [5.74, 6) is 5.78. The lowest BCUT2D eigenvalue weighted by molar-refractivity contribution is 0.187. The number of rotatable bonds is 2. The van der Waals surface area contributed by atoms with E-state index in [-0.39, 0.29) is 0 Å². The van der Waals surface area contributed by atoms with E-state index in [2.05, 4.69) is 11.8 Å². The van der Waals surface area contributed by atoms with Gasteiger partial charge in [0.2, 0.25) is 0 Å². The van der Waals surface area contributed by atoms with Crippen LogP contribution in [-0.4, -0.2) is 13.7 Å². The van der Waals surface area contributed by atoms with E-state index in [1.807, 2.05) is 12.1 Å². The molecule has 0 fully saturated rings. The Morgan fingerprint density at radius 1 is 1.58 bits per heavy atom. The molecular weight excluding hydrogens is 170 g/mol. The Kier molecular flexibility index (Phi) is 3.81. The summed E-state index contributed by atoms with van der Waals surface area (Å²) >= 11 is 1.64. The van der Waals surface area contributed by atoms with E-state index in [9.17, 15) is 0 Å². The third-order valence-electron chi connectivity index (χ3n) is 1.26. The van der Waals surface area contributed by atoms with Gasteiger partial charge >= 0.3 is 0 Å². The van der Waals surface area contributed by atoms with Crippen LogP contribution in [0.2, 0.25) is 0 Å². The van der Waals surface area contributed by atoms with Crippen molar-refractivity contribution >= 4 is 11.3 Å². The van der Waals surface area contributed by atoms with E-state index in [0.717, 1.165) is 4.88 Å². The van der Waals surface area contributed by atoms with E-state index in [1.165, 1.54) is 4.88 Å². The Morgan fingerprint density at radius 3 is 3.08 bits per heavy atom. The fraction of sp³-hybridized carbons (Fsp3) is 0.333. The highest BCUT2D eigenvalue weighted by atomic mass is 32.1. The van der Waals surface area contributed by atoms with Gasteiger partial charge < -0.3 is 10.5 Å². The molecule has 0 aliphatic carbocycles. The molecule has 0 bridgehead atoms. The van der Waals surface area contributed by atoms with Crippen LogP contribution in [0.4, 0.5) is 0 Å². The number of methoxy groups -OCH3 is 1. The molecule has 0 saturated heterocycles. The zero-order valence-electron chi connectivity index (χ0n) is 6.96. The summed E-state index contributed by atoms with van der Waals surface area (Å²) in [4.78, 5) is 2.24. The molecule has 0 saturated carbocycles. The molecule has 0 aliphatic rings. The Bertz CT molecular complexity index is 295. The summed E-state index contributed by atoms with van der Waals surface area (Å²) in [7, 11) is 1.69. The molecule has 3 heteroatoms. The average molecular weight is 181 g/mol. The van der Waals surface area contributed by atoms with E-state index < -0.39 is 0 Å². The van der Waals surface area contributed by atoms with Gasteiger partial charge in [0.15, 0.2) is 0 Å². The Morgan fingerprint density at radius 2 is 2.42 bits per heavy atom. The summed E-state index contributed by atoms with van der Waals surface area (Å²) in [6.45, 7) is 1.08. The van der Waals surface area contributed by atoms with Crippen molar-refractivity contribution in [2.45, 2.75) is 6.61 Å². The summed E-state index contributed by atoms with van der Waals surface area (Å²) in [6, 6.07) is 4.01. The minimum atomic E-state index is 0.414. The van der Waals surface area contributed by atoms with Gasteiger partial charge in [-0.3, -0.25) is 0 Å². The molecule has 1 aromatic rings. The highest BCUT2D eigenvalue weighted by Crippen LogP contribution is 2.15. The van der Waals surface area contributed by atoms with Gasteiger partial charge in [-0.1, -0.05) is 11.8 Å². The predicted molar refractivity (Wildman–Crippen MR) is 51.0 cm³/mol. The molecule has 2 N–H and O–H groups in total. The van der Waals surface area contributed by atoms with Gasteiger partial charge in [-0.25, -0.2) is 0 Å². The third-order valence-corrected chi connectivity index (χ3v) is 2.24. The third kappa shape index (κ3) is 2.67. The summed E-state index contributed by atoms with van der Waals surface area (Å²) < 4.78 is 4.98. The van der Waals surface area contributed by atoms with Crippen LogP contribution >= 0.6 is 11.3 Å². The Balaban J connectivity index is 2.64. The lowest BCUT2D eigenvalue weighted by Crippen LogP contribution is -1.92. The fourth-order valence-electron chi connectivity index (χ4n) is 0.803. The summed E-state index contributed by atoms with van der Waals surface area (Å²) in [5.41, 5.74) is 5.25. The molecule has 0 aromatic carbocycles. The lowest BCUT2D eigenvalue weighted by Gasteiger charge is -1.89. The van der Waals surface area contributed by atoms with Crippen LogP contribution in [0.25, 0.3) is 0 Å². The molecule has 0 aliphatic heterocycles. The van der Waals surface area contributed by atoms with Crippen molar-refractivity contribution in [2.24, 2.45) is 5.73 Å². The molecule has 1 heterocycles. The van der Waals surface area contributed by atoms with Crippen LogP contribution in [0.1, 0.15) is 9.75 Å². The van der Waals surface area contributed by atoms with Gasteiger partial charge in [0.05, 0.1) is 18.0 Å². The van der Waals surface area contributed by atoms with E-state index in [0.29, 0.717) is 13.2 Å². The molecule has 0 atom stereocenters. The molecule has 0 radical (unpaired) electrons. The minimum Gasteiger partial charge on any atom is -0.379 e. The van der Waals surface area contributed by atoms with Gasteiger partial charge in [0.1, 0.15) is 0 Å². The molecular formula is C9H11NOS. The Hall–Kier alpha value is -0.820. The van der Waals surface area contributed by atoms with Gasteiger partial charge in [-0.2, -0.15) is 0 Å². The summed E-state index contributed by atoms with van der Waals surface area (Å²) in [6.07, 6.45) is 0. The second-order valence-corrected chi connectivity index (χ2v) is 3.37. The second-order valence-electron chi connectivity index (χ2n) is 2.20. The molecule has 64 valence electrons. The predicted octanol–water partition coefficient (Wildman–Crippen LogP) is 1.20. The maximum Gasteiger partial charge on any atom is 0.0806 e. The molecule has 1 aromatic heterocycles. The standard InChI is InChI=1S/C9H11NOS/c1-11-7-9-5-4-8(12-9)3-2-6-10/h4-5H,6-7,10H2,1H3. The van der Waals surface area contributed by atoms with Crippen molar-refractivity contribution < 1.29 is 4.74 Å². The smallest absolute Gasteiger partial charge is 0.0806 e. The SMILES string of the molecule is COCc1ccc(C#CCN)s1. The minimum absolute atomic E-state index is 0.414. The Labute approximate surface area is 76.3 Å². The quantitative estimate of drug-likeness (QED) is 0.696. The summed E-state index contributed by atoms with van der Waals surface area (Å²) in [5, 5.41) is 0. The normalized spacial score (nSPS) is 9.17. The van der Waals surface area contributed by atoms with E-state index in [1.54, 1.807) is 18.4 Å². The first kappa shape index (κ1) is 9.27. The zero-order valence-corrected chi connectivity index (χ0v) is 7.78. The van der Waals surface area contributed by atoms with Crippen LogP contribution in [0.3, 0.4) is 0 Å². The number of thiophene rings is 1. The number of nitrogens with two attached hydrogens (primary N) is 1. The largest absolute Gasteiger partial charge is 0.379 e. The molecule has 0 spiro atoms. The van der Waals surface area contributed by atoms with Crippen molar-refractivity contribution in [1.29, 1.82) is 0 Å². The first-order valence-electron chi connectivity index (χ1n) is 3.63. The monoisotopic (exact) mass is 181 g/mol. The lowest BCUT2D eigenvalue weighted by atomic mass is 10.4. The van der Waals surface area contributed by atoms with Crippen LogP contribution in [0, 0.1) is 11.8 Å². The zero-order chi connectivity index (χ0) is 8.81. The molecule has 2 nitrogen and oxygen atoms in total.